The molecule has 1 aliphatic rings. The van der Waals surface area contributed by atoms with E-state index in [4.69, 9.17) is 0 Å². The van der Waals surface area contributed by atoms with Crippen LogP contribution in [0.2, 0.25) is 0 Å². The lowest BCUT2D eigenvalue weighted by atomic mass is 10.1. The van der Waals surface area contributed by atoms with Gasteiger partial charge in [0.25, 0.3) is 5.56 Å². The Morgan fingerprint density at radius 2 is 2.31 bits per heavy atom. The second-order valence-corrected chi connectivity index (χ2v) is 3.93. The molecule has 2 rings (SSSR count). The average Bonchev–Trinajstić information content (AvgIpc) is 2.74. The van der Waals surface area contributed by atoms with E-state index in [2.05, 4.69) is 25.8 Å². The van der Waals surface area contributed by atoms with Gasteiger partial charge in [-0.15, -0.1) is 5.10 Å². The zero-order valence-electron chi connectivity index (χ0n) is 8.88. The standard InChI is InChI=1S/C9H15N5O2/c15-8-7(13-14-9(16)12-8)11-4-2-6-1-3-10-5-6/h6,10H,1-5H2,(H,11,13)(H2,12,14,15,16). The number of aromatic nitrogens is 3. The van der Waals surface area contributed by atoms with Gasteiger partial charge < -0.3 is 10.6 Å². The number of rotatable bonds is 4. The predicted molar refractivity (Wildman–Crippen MR) is 59.6 cm³/mol. The molecule has 0 aromatic carbocycles. The smallest absolute Gasteiger partial charge is 0.342 e. The quantitative estimate of drug-likeness (QED) is 0.519. The van der Waals surface area contributed by atoms with E-state index in [1.165, 1.54) is 6.42 Å². The first-order chi connectivity index (χ1) is 7.75. The first-order valence-corrected chi connectivity index (χ1v) is 5.39. The van der Waals surface area contributed by atoms with Crippen molar-refractivity contribution in [1.29, 1.82) is 0 Å². The zero-order chi connectivity index (χ0) is 11.4. The van der Waals surface area contributed by atoms with Gasteiger partial charge in [0.05, 0.1) is 0 Å². The van der Waals surface area contributed by atoms with E-state index >= 15 is 0 Å². The molecule has 1 atom stereocenters. The Kier molecular flexibility index (Phi) is 3.35. The largest absolute Gasteiger partial charge is 0.364 e. The monoisotopic (exact) mass is 225 g/mol. The van der Waals surface area contributed by atoms with Gasteiger partial charge in [-0.1, -0.05) is 0 Å². The Labute approximate surface area is 91.7 Å². The van der Waals surface area contributed by atoms with Crippen molar-refractivity contribution in [3.05, 3.63) is 20.8 Å². The van der Waals surface area contributed by atoms with Gasteiger partial charge in [-0.05, 0) is 31.8 Å². The van der Waals surface area contributed by atoms with Gasteiger partial charge in [-0.3, -0.25) is 9.78 Å². The van der Waals surface area contributed by atoms with Gasteiger partial charge in [-0.25, -0.2) is 9.89 Å². The van der Waals surface area contributed by atoms with Crippen LogP contribution in [0.25, 0.3) is 0 Å². The molecule has 4 N–H and O–H groups in total. The number of aromatic amines is 2. The maximum atomic E-state index is 11.3. The van der Waals surface area contributed by atoms with Crippen molar-refractivity contribution in [2.45, 2.75) is 12.8 Å². The van der Waals surface area contributed by atoms with E-state index in [0.717, 1.165) is 19.5 Å². The molecule has 0 amide bonds. The van der Waals surface area contributed by atoms with E-state index in [0.29, 0.717) is 12.5 Å². The number of nitrogens with zero attached hydrogens (tertiary/aromatic N) is 1. The minimum absolute atomic E-state index is 0.172. The summed E-state index contributed by atoms with van der Waals surface area (Å²) in [7, 11) is 0. The van der Waals surface area contributed by atoms with Gasteiger partial charge in [0, 0.05) is 6.54 Å². The topological polar surface area (TPSA) is 103 Å². The van der Waals surface area contributed by atoms with Gasteiger partial charge in [0.15, 0.2) is 0 Å². The molecule has 1 unspecified atom stereocenters. The molecule has 1 aromatic heterocycles. The summed E-state index contributed by atoms with van der Waals surface area (Å²) in [5, 5.41) is 12.0. The number of anilines is 1. The second kappa shape index (κ2) is 4.93. The maximum absolute atomic E-state index is 11.3. The number of hydrogen-bond acceptors (Lipinski definition) is 5. The molecule has 16 heavy (non-hydrogen) atoms. The van der Waals surface area contributed by atoms with Crippen molar-refractivity contribution in [2.75, 3.05) is 25.0 Å². The highest BCUT2D eigenvalue weighted by molar-refractivity contribution is 5.28. The fourth-order valence-corrected chi connectivity index (χ4v) is 1.82. The first kappa shape index (κ1) is 10.9. The minimum atomic E-state index is -0.587. The molecule has 7 nitrogen and oxygen atoms in total. The highest BCUT2D eigenvalue weighted by atomic mass is 16.2. The van der Waals surface area contributed by atoms with Gasteiger partial charge in [0.2, 0.25) is 5.82 Å². The Bertz CT molecular complexity index is 446. The summed E-state index contributed by atoms with van der Waals surface area (Å²) in [5.41, 5.74) is -1.07. The third-order valence-electron chi connectivity index (χ3n) is 2.72. The summed E-state index contributed by atoms with van der Waals surface area (Å²) < 4.78 is 0. The molecule has 88 valence electrons. The lowest BCUT2D eigenvalue weighted by molar-refractivity contribution is 0.548. The van der Waals surface area contributed by atoms with Crippen molar-refractivity contribution >= 4 is 5.82 Å². The number of nitrogens with one attached hydrogen (secondary N) is 4. The third-order valence-corrected chi connectivity index (χ3v) is 2.72. The summed E-state index contributed by atoms with van der Waals surface area (Å²) in [6, 6.07) is 0. The van der Waals surface area contributed by atoms with Crippen molar-refractivity contribution in [3.8, 4) is 0 Å². The Morgan fingerprint density at radius 1 is 1.44 bits per heavy atom. The van der Waals surface area contributed by atoms with Crippen molar-refractivity contribution < 1.29 is 0 Å². The molecule has 0 aliphatic carbocycles. The Hall–Kier alpha value is -1.63. The van der Waals surface area contributed by atoms with Crippen LogP contribution in [-0.2, 0) is 0 Å². The third kappa shape index (κ3) is 2.69. The summed E-state index contributed by atoms with van der Waals surface area (Å²) in [5.74, 6) is 0.833. The molecular weight excluding hydrogens is 210 g/mol. The Morgan fingerprint density at radius 3 is 3.00 bits per heavy atom. The van der Waals surface area contributed by atoms with Crippen molar-refractivity contribution in [3.63, 3.8) is 0 Å². The highest BCUT2D eigenvalue weighted by Gasteiger charge is 2.13. The molecule has 1 saturated heterocycles. The van der Waals surface area contributed by atoms with Crippen LogP contribution < -0.4 is 21.9 Å². The van der Waals surface area contributed by atoms with Crippen LogP contribution in [-0.4, -0.2) is 34.8 Å². The second-order valence-electron chi connectivity index (χ2n) is 3.93. The van der Waals surface area contributed by atoms with Crippen molar-refractivity contribution in [2.24, 2.45) is 5.92 Å². The average molecular weight is 225 g/mol. The zero-order valence-corrected chi connectivity index (χ0v) is 8.88. The molecular formula is C9H15N5O2. The molecule has 0 bridgehead atoms. The molecule has 7 heteroatoms. The minimum Gasteiger partial charge on any atom is -0.364 e. The van der Waals surface area contributed by atoms with Crippen molar-refractivity contribution in [1.82, 2.24) is 20.5 Å². The van der Waals surface area contributed by atoms with E-state index in [-0.39, 0.29) is 5.82 Å². The molecule has 1 aliphatic heterocycles. The van der Waals surface area contributed by atoms with Crippen LogP contribution >= 0.6 is 0 Å². The summed E-state index contributed by atoms with van der Waals surface area (Å²) >= 11 is 0. The summed E-state index contributed by atoms with van der Waals surface area (Å²) in [4.78, 5) is 24.1. The van der Waals surface area contributed by atoms with Crippen LogP contribution in [0.3, 0.4) is 0 Å². The van der Waals surface area contributed by atoms with Crippen LogP contribution in [0.5, 0.6) is 0 Å². The number of H-pyrrole nitrogens is 2. The van der Waals surface area contributed by atoms with Crippen LogP contribution in [0.4, 0.5) is 5.82 Å². The summed E-state index contributed by atoms with van der Waals surface area (Å²) in [6.07, 6.45) is 2.17. The maximum Gasteiger partial charge on any atom is 0.342 e. The van der Waals surface area contributed by atoms with E-state index in [9.17, 15) is 9.59 Å². The number of hydrogen-bond donors (Lipinski definition) is 4. The summed E-state index contributed by atoms with van der Waals surface area (Å²) in [6.45, 7) is 2.80. The van der Waals surface area contributed by atoms with Crippen LogP contribution in [0, 0.1) is 5.92 Å². The van der Waals surface area contributed by atoms with E-state index < -0.39 is 11.2 Å². The Balaban J connectivity index is 1.84. The molecule has 1 aromatic rings. The first-order valence-electron chi connectivity index (χ1n) is 5.39. The molecule has 2 heterocycles. The molecule has 1 fully saturated rings. The molecule has 0 radical (unpaired) electrons. The SMILES string of the molecule is O=c1[nH]nc(NCCC2CCNC2)c(=O)[nH]1. The van der Waals surface area contributed by atoms with E-state index in [1.807, 2.05) is 0 Å². The highest BCUT2D eigenvalue weighted by Crippen LogP contribution is 2.11. The van der Waals surface area contributed by atoms with E-state index in [1.54, 1.807) is 0 Å². The van der Waals surface area contributed by atoms with Gasteiger partial charge in [-0.2, -0.15) is 0 Å². The predicted octanol–water partition coefficient (Wildman–Crippen LogP) is -1.13. The lowest BCUT2D eigenvalue weighted by Crippen LogP contribution is -2.27. The fraction of sp³-hybridized carbons (Fsp3) is 0.667. The normalized spacial score (nSPS) is 19.9. The van der Waals surface area contributed by atoms with Gasteiger partial charge >= 0.3 is 5.69 Å². The fourth-order valence-electron chi connectivity index (χ4n) is 1.82. The van der Waals surface area contributed by atoms with Crippen LogP contribution in [0.15, 0.2) is 9.59 Å². The molecule has 0 spiro atoms. The van der Waals surface area contributed by atoms with Gasteiger partial charge in [0.1, 0.15) is 0 Å². The molecule has 0 saturated carbocycles. The van der Waals surface area contributed by atoms with Crippen LogP contribution in [0.1, 0.15) is 12.8 Å². The lowest BCUT2D eigenvalue weighted by Gasteiger charge is -2.08.